The van der Waals surface area contributed by atoms with Crippen molar-refractivity contribution in [3.63, 3.8) is 0 Å². The molecule has 0 N–H and O–H groups in total. The molecule has 2 heterocycles. The van der Waals surface area contributed by atoms with E-state index in [4.69, 9.17) is 14.2 Å². The molecule has 1 aliphatic rings. The van der Waals surface area contributed by atoms with Gasteiger partial charge in [0.2, 0.25) is 5.88 Å². The van der Waals surface area contributed by atoms with Crippen LogP contribution in [0.1, 0.15) is 5.56 Å². The number of methoxy groups -OCH3 is 2. The quantitative estimate of drug-likeness (QED) is 0.789. The number of likely N-dealkylation sites (N-methyl/N-ethyl adjacent to an activating group) is 1. The van der Waals surface area contributed by atoms with E-state index in [-0.39, 0.29) is 5.69 Å². The summed E-state index contributed by atoms with van der Waals surface area (Å²) in [7, 11) is 7.15. The zero-order valence-electron chi connectivity index (χ0n) is 15.0. The highest BCUT2D eigenvalue weighted by Gasteiger charge is 2.21. The number of aryl methyl sites for hydroxylation is 1. The maximum Gasteiger partial charge on any atom is 0.351 e. The fourth-order valence-corrected chi connectivity index (χ4v) is 2.93. The average Bonchev–Trinajstić information content (AvgIpc) is 2.60. The molecule has 134 valence electrons. The van der Waals surface area contributed by atoms with Gasteiger partial charge in [-0.25, -0.2) is 4.79 Å². The third-order valence-corrected chi connectivity index (χ3v) is 4.27. The fourth-order valence-electron chi connectivity index (χ4n) is 2.93. The van der Waals surface area contributed by atoms with Crippen LogP contribution in [0, 0.1) is 0 Å². The maximum absolute atomic E-state index is 12.4. The van der Waals surface area contributed by atoms with Crippen LogP contribution in [-0.4, -0.2) is 55.9 Å². The van der Waals surface area contributed by atoms with E-state index in [1.54, 1.807) is 18.8 Å². The molecule has 0 aliphatic carbocycles. The van der Waals surface area contributed by atoms with E-state index in [0.717, 1.165) is 29.8 Å². The Labute approximate surface area is 146 Å². The Morgan fingerprint density at radius 3 is 2.56 bits per heavy atom. The monoisotopic (exact) mass is 345 g/mol. The summed E-state index contributed by atoms with van der Waals surface area (Å²) in [6, 6.07) is 5.69. The van der Waals surface area contributed by atoms with Gasteiger partial charge in [-0.15, -0.1) is 0 Å². The van der Waals surface area contributed by atoms with Crippen molar-refractivity contribution in [2.24, 2.45) is 0 Å². The molecule has 0 saturated carbocycles. The minimum atomic E-state index is -0.294. The van der Waals surface area contributed by atoms with Crippen molar-refractivity contribution in [1.29, 1.82) is 0 Å². The van der Waals surface area contributed by atoms with Crippen LogP contribution in [0.15, 0.2) is 23.0 Å². The summed E-state index contributed by atoms with van der Waals surface area (Å²) in [5.74, 6) is 1.67. The lowest BCUT2D eigenvalue weighted by Gasteiger charge is -2.23. The topological polar surface area (TPSA) is 65.8 Å². The summed E-state index contributed by atoms with van der Waals surface area (Å²) < 4.78 is 18.1. The van der Waals surface area contributed by atoms with Crippen LogP contribution in [0.5, 0.6) is 17.4 Å². The van der Waals surface area contributed by atoms with Gasteiger partial charge in [0.25, 0.3) is 0 Å². The molecule has 0 atom stereocenters. The molecule has 1 aliphatic heterocycles. The molecule has 0 saturated heterocycles. The van der Waals surface area contributed by atoms with Gasteiger partial charge in [-0.05, 0) is 38.2 Å². The molecule has 1 aromatic heterocycles. The third-order valence-electron chi connectivity index (χ3n) is 4.27. The SMILES string of the molecule is COc1cc2c(cc1OC)-c1cc(OCCN(C)C)nc(=O)n1CC2. The number of ether oxygens (including phenoxy) is 3. The largest absolute Gasteiger partial charge is 0.493 e. The highest BCUT2D eigenvalue weighted by atomic mass is 16.5. The number of hydrogen-bond donors (Lipinski definition) is 0. The van der Waals surface area contributed by atoms with Gasteiger partial charge in [-0.1, -0.05) is 0 Å². The second kappa shape index (κ2) is 7.14. The molecule has 0 amide bonds. The van der Waals surface area contributed by atoms with Crippen molar-refractivity contribution in [2.45, 2.75) is 13.0 Å². The molecule has 0 bridgehead atoms. The van der Waals surface area contributed by atoms with Gasteiger partial charge < -0.3 is 19.1 Å². The normalized spacial score (nSPS) is 12.5. The zero-order chi connectivity index (χ0) is 18.0. The predicted octanol–water partition coefficient (Wildman–Crippen LogP) is 1.42. The lowest BCUT2D eigenvalue weighted by atomic mass is 9.97. The Morgan fingerprint density at radius 2 is 1.88 bits per heavy atom. The number of aromatic nitrogens is 2. The fraction of sp³-hybridized carbons (Fsp3) is 0.444. The van der Waals surface area contributed by atoms with E-state index in [9.17, 15) is 4.79 Å². The second-order valence-electron chi connectivity index (χ2n) is 6.18. The molecule has 0 fully saturated rings. The van der Waals surface area contributed by atoms with Gasteiger partial charge in [-0.3, -0.25) is 4.57 Å². The van der Waals surface area contributed by atoms with Gasteiger partial charge in [0.05, 0.1) is 19.9 Å². The standard InChI is InChI=1S/C18H23N3O4/c1-20(2)7-8-25-17-11-14-13-10-16(24-4)15(23-3)9-12(13)5-6-21(14)18(22)19-17/h9-11H,5-8H2,1-4H3. The number of hydrogen-bond acceptors (Lipinski definition) is 6. The van der Waals surface area contributed by atoms with Gasteiger partial charge in [-0.2, -0.15) is 4.98 Å². The predicted molar refractivity (Wildman–Crippen MR) is 94.8 cm³/mol. The molecule has 25 heavy (non-hydrogen) atoms. The Kier molecular flexibility index (Phi) is 4.94. The van der Waals surface area contributed by atoms with Gasteiger partial charge in [0.15, 0.2) is 11.5 Å². The first-order chi connectivity index (χ1) is 12.0. The number of fused-ring (bicyclic) bond motifs is 3. The van der Waals surface area contributed by atoms with Crippen LogP contribution in [0.4, 0.5) is 0 Å². The molecular formula is C18H23N3O4. The third kappa shape index (κ3) is 3.46. The van der Waals surface area contributed by atoms with Crippen molar-refractivity contribution >= 4 is 0 Å². The molecule has 0 radical (unpaired) electrons. The summed E-state index contributed by atoms with van der Waals surface area (Å²) in [5, 5.41) is 0. The minimum absolute atomic E-state index is 0.294. The maximum atomic E-state index is 12.4. The second-order valence-corrected chi connectivity index (χ2v) is 6.18. The molecular weight excluding hydrogens is 322 g/mol. The minimum Gasteiger partial charge on any atom is -0.493 e. The Balaban J connectivity index is 2.02. The lowest BCUT2D eigenvalue weighted by Crippen LogP contribution is -2.29. The van der Waals surface area contributed by atoms with E-state index in [1.807, 2.05) is 37.2 Å². The molecule has 0 unspecified atom stereocenters. The number of nitrogens with zero attached hydrogens (tertiary/aromatic N) is 3. The van der Waals surface area contributed by atoms with Crippen LogP contribution >= 0.6 is 0 Å². The molecule has 7 nitrogen and oxygen atoms in total. The molecule has 7 heteroatoms. The summed E-state index contributed by atoms with van der Waals surface area (Å²) in [5.41, 5.74) is 2.56. The van der Waals surface area contributed by atoms with Gasteiger partial charge in [0, 0.05) is 24.7 Å². The van der Waals surface area contributed by atoms with Gasteiger partial charge in [0.1, 0.15) is 6.61 Å². The average molecular weight is 345 g/mol. The Morgan fingerprint density at radius 1 is 1.16 bits per heavy atom. The van der Waals surface area contributed by atoms with Crippen molar-refractivity contribution < 1.29 is 14.2 Å². The first-order valence-electron chi connectivity index (χ1n) is 8.18. The Bertz CT molecular complexity index is 830. The van der Waals surface area contributed by atoms with Crippen LogP contribution in [0.3, 0.4) is 0 Å². The highest BCUT2D eigenvalue weighted by Crippen LogP contribution is 2.38. The van der Waals surface area contributed by atoms with E-state index in [0.29, 0.717) is 30.5 Å². The highest BCUT2D eigenvalue weighted by molar-refractivity contribution is 5.70. The van der Waals surface area contributed by atoms with Crippen molar-refractivity contribution in [1.82, 2.24) is 14.5 Å². The van der Waals surface area contributed by atoms with Crippen molar-refractivity contribution in [3.8, 4) is 28.6 Å². The van der Waals surface area contributed by atoms with E-state index in [1.165, 1.54) is 0 Å². The van der Waals surface area contributed by atoms with Crippen LogP contribution in [0.25, 0.3) is 11.3 Å². The smallest absolute Gasteiger partial charge is 0.351 e. The van der Waals surface area contributed by atoms with E-state index < -0.39 is 0 Å². The van der Waals surface area contributed by atoms with Crippen LogP contribution < -0.4 is 19.9 Å². The molecule has 0 spiro atoms. The van der Waals surface area contributed by atoms with Crippen molar-refractivity contribution in [2.75, 3.05) is 41.5 Å². The molecule has 2 aromatic rings. The van der Waals surface area contributed by atoms with Gasteiger partial charge >= 0.3 is 5.69 Å². The summed E-state index contributed by atoms with van der Waals surface area (Å²) in [6.45, 7) is 1.81. The molecule has 3 rings (SSSR count). The van der Waals surface area contributed by atoms with E-state index in [2.05, 4.69) is 4.98 Å². The summed E-state index contributed by atoms with van der Waals surface area (Å²) in [4.78, 5) is 18.4. The zero-order valence-corrected chi connectivity index (χ0v) is 15.0. The Hall–Kier alpha value is -2.54. The first-order valence-corrected chi connectivity index (χ1v) is 8.18. The van der Waals surface area contributed by atoms with Crippen molar-refractivity contribution in [3.05, 3.63) is 34.2 Å². The summed E-state index contributed by atoms with van der Waals surface area (Å²) >= 11 is 0. The first kappa shape index (κ1) is 17.3. The number of rotatable bonds is 6. The molecule has 1 aromatic carbocycles. The summed E-state index contributed by atoms with van der Waals surface area (Å²) in [6.07, 6.45) is 0.741. The lowest BCUT2D eigenvalue weighted by molar-refractivity contribution is 0.252. The van der Waals surface area contributed by atoms with Crippen LogP contribution in [0.2, 0.25) is 0 Å². The van der Waals surface area contributed by atoms with Crippen LogP contribution in [-0.2, 0) is 13.0 Å². The number of benzene rings is 1. The van der Waals surface area contributed by atoms with E-state index >= 15 is 0 Å².